The van der Waals surface area contributed by atoms with Crippen LogP contribution in [-0.4, -0.2) is 22.7 Å². The number of rotatable bonds is 7. The molecule has 0 aliphatic carbocycles. The van der Waals surface area contributed by atoms with Crippen LogP contribution in [0.5, 0.6) is 5.75 Å². The van der Waals surface area contributed by atoms with Crippen molar-refractivity contribution in [3.8, 4) is 5.75 Å². The third-order valence-electron chi connectivity index (χ3n) is 4.31. The summed E-state index contributed by atoms with van der Waals surface area (Å²) >= 11 is 3.02. The molecule has 0 spiro atoms. The number of carbonyl (C=O) groups excluding carboxylic acids is 1. The highest BCUT2D eigenvalue weighted by Crippen LogP contribution is 2.33. The van der Waals surface area contributed by atoms with Crippen LogP contribution in [0.4, 0.5) is 5.69 Å². The number of thiazole rings is 1. The summed E-state index contributed by atoms with van der Waals surface area (Å²) in [6, 6.07) is 9.93. The molecule has 0 atom stereocenters. The summed E-state index contributed by atoms with van der Waals surface area (Å²) in [4.78, 5) is 28.5. The van der Waals surface area contributed by atoms with Gasteiger partial charge in [-0.1, -0.05) is 12.1 Å². The molecule has 3 aromatic rings. The Balaban J connectivity index is 1.50. The number of benzene rings is 2. The minimum atomic E-state index is -0.510. The van der Waals surface area contributed by atoms with Gasteiger partial charge < -0.3 is 14.2 Å². The summed E-state index contributed by atoms with van der Waals surface area (Å²) in [5, 5.41) is 13.2. The first kappa shape index (κ1) is 20.3. The van der Waals surface area contributed by atoms with E-state index in [1.54, 1.807) is 17.6 Å². The highest BCUT2D eigenvalue weighted by Gasteiger charge is 2.22. The lowest BCUT2D eigenvalue weighted by Gasteiger charge is -2.20. The van der Waals surface area contributed by atoms with E-state index in [9.17, 15) is 14.9 Å². The maximum atomic E-state index is 12.7. The van der Waals surface area contributed by atoms with Gasteiger partial charge in [-0.3, -0.25) is 10.1 Å². The molecule has 2 heterocycles. The van der Waals surface area contributed by atoms with Crippen molar-refractivity contribution in [3.05, 3.63) is 79.8 Å². The molecule has 0 unspecified atom stereocenters. The average Bonchev–Trinajstić information content (AvgIpc) is 3.29. The molecule has 0 radical (unpaired) electrons. The van der Waals surface area contributed by atoms with Crippen LogP contribution in [0.15, 0.2) is 52.2 Å². The number of hydrogen-bond donors (Lipinski definition) is 0. The lowest BCUT2D eigenvalue weighted by molar-refractivity contribution is -0.385. The van der Waals surface area contributed by atoms with E-state index in [0.29, 0.717) is 28.2 Å². The van der Waals surface area contributed by atoms with Crippen molar-refractivity contribution < 1.29 is 23.9 Å². The number of esters is 1. The molecule has 8 nitrogen and oxygen atoms in total. The molecule has 0 fully saturated rings. The summed E-state index contributed by atoms with van der Waals surface area (Å²) in [5.41, 5.74) is 4.03. The molecule has 1 aliphatic heterocycles. The van der Waals surface area contributed by atoms with Crippen LogP contribution in [0.2, 0.25) is 0 Å². The van der Waals surface area contributed by atoms with Crippen molar-refractivity contribution in [2.45, 2.75) is 23.9 Å². The monoisotopic (exact) mass is 444 g/mol. The van der Waals surface area contributed by atoms with Crippen molar-refractivity contribution in [2.75, 3.05) is 6.79 Å². The predicted octanol–water partition coefficient (Wildman–Crippen LogP) is 4.57. The first-order valence-electron chi connectivity index (χ1n) is 8.88. The molecule has 0 saturated carbocycles. The first-order chi connectivity index (χ1) is 14.6. The number of aromatic nitrogens is 1. The Morgan fingerprint density at radius 2 is 2.20 bits per heavy atom. The molecule has 0 amide bonds. The van der Waals surface area contributed by atoms with E-state index < -0.39 is 10.9 Å². The molecule has 2 aromatic carbocycles. The van der Waals surface area contributed by atoms with Gasteiger partial charge in [-0.2, -0.15) is 0 Å². The second-order valence-corrected chi connectivity index (χ2v) is 8.04. The predicted molar refractivity (Wildman–Crippen MR) is 111 cm³/mol. The van der Waals surface area contributed by atoms with Crippen LogP contribution in [0.3, 0.4) is 0 Å². The SMILES string of the molecule is O=C(OCc1cc([N+](=O)[O-])cc2c1OCOC2)c1ccccc1SCc1cscn1. The zero-order valence-corrected chi connectivity index (χ0v) is 17.2. The van der Waals surface area contributed by atoms with Gasteiger partial charge >= 0.3 is 5.97 Å². The fourth-order valence-electron chi connectivity index (χ4n) is 2.94. The quantitative estimate of drug-likeness (QED) is 0.226. The van der Waals surface area contributed by atoms with E-state index in [0.717, 1.165) is 10.6 Å². The summed E-state index contributed by atoms with van der Waals surface area (Å²) < 4.78 is 16.2. The van der Waals surface area contributed by atoms with E-state index in [4.69, 9.17) is 14.2 Å². The van der Waals surface area contributed by atoms with Crippen molar-refractivity contribution in [1.29, 1.82) is 0 Å². The molecule has 30 heavy (non-hydrogen) atoms. The van der Waals surface area contributed by atoms with Crippen LogP contribution in [-0.2, 0) is 28.4 Å². The van der Waals surface area contributed by atoms with Crippen molar-refractivity contribution in [2.24, 2.45) is 0 Å². The van der Waals surface area contributed by atoms with E-state index in [2.05, 4.69) is 4.98 Å². The van der Waals surface area contributed by atoms with Crippen LogP contribution < -0.4 is 4.74 Å². The second kappa shape index (κ2) is 9.24. The molecule has 154 valence electrons. The van der Waals surface area contributed by atoms with Gasteiger partial charge in [0.2, 0.25) is 0 Å². The Morgan fingerprint density at radius 1 is 1.33 bits per heavy atom. The Bertz CT molecular complexity index is 1070. The zero-order chi connectivity index (χ0) is 20.9. The average molecular weight is 444 g/mol. The Labute approximate surface area is 180 Å². The van der Waals surface area contributed by atoms with Crippen LogP contribution in [0.1, 0.15) is 27.2 Å². The van der Waals surface area contributed by atoms with Gasteiger partial charge in [0.15, 0.2) is 6.79 Å². The normalized spacial score (nSPS) is 12.7. The lowest BCUT2D eigenvalue weighted by atomic mass is 10.1. The van der Waals surface area contributed by atoms with E-state index in [1.807, 2.05) is 17.5 Å². The molecule has 4 rings (SSSR count). The molecule has 0 N–H and O–H groups in total. The summed E-state index contributed by atoms with van der Waals surface area (Å²) in [6.45, 7) is 0.101. The van der Waals surface area contributed by atoms with E-state index >= 15 is 0 Å². The van der Waals surface area contributed by atoms with Crippen LogP contribution in [0, 0.1) is 10.1 Å². The van der Waals surface area contributed by atoms with Crippen LogP contribution >= 0.6 is 23.1 Å². The smallest absolute Gasteiger partial charge is 0.339 e. The minimum absolute atomic E-state index is 0.0435. The number of hydrogen-bond acceptors (Lipinski definition) is 9. The van der Waals surface area contributed by atoms with Crippen molar-refractivity contribution in [3.63, 3.8) is 0 Å². The Morgan fingerprint density at radius 3 is 3.00 bits per heavy atom. The number of nitrogens with zero attached hydrogens (tertiary/aromatic N) is 2. The molecule has 0 saturated heterocycles. The molecule has 1 aromatic heterocycles. The number of non-ortho nitro benzene ring substituents is 1. The van der Waals surface area contributed by atoms with Gasteiger partial charge in [0.1, 0.15) is 12.4 Å². The number of nitro benzene ring substituents is 1. The number of carbonyl (C=O) groups is 1. The number of ether oxygens (including phenoxy) is 3. The molecular formula is C20H16N2O6S2. The molecule has 0 bridgehead atoms. The fraction of sp³-hybridized carbons (Fsp3) is 0.200. The zero-order valence-electron chi connectivity index (χ0n) is 15.6. The van der Waals surface area contributed by atoms with Gasteiger partial charge in [-0.05, 0) is 12.1 Å². The third kappa shape index (κ3) is 4.61. The van der Waals surface area contributed by atoms with Gasteiger partial charge in [-0.15, -0.1) is 23.1 Å². The molecule has 1 aliphatic rings. The number of nitro groups is 1. The highest BCUT2D eigenvalue weighted by molar-refractivity contribution is 7.98. The van der Waals surface area contributed by atoms with Gasteiger partial charge in [0.05, 0.1) is 28.3 Å². The molecule has 10 heteroatoms. The van der Waals surface area contributed by atoms with Gasteiger partial charge in [0, 0.05) is 39.3 Å². The minimum Gasteiger partial charge on any atom is -0.467 e. The largest absolute Gasteiger partial charge is 0.467 e. The van der Waals surface area contributed by atoms with Crippen LogP contribution in [0.25, 0.3) is 0 Å². The van der Waals surface area contributed by atoms with Crippen molar-refractivity contribution in [1.82, 2.24) is 4.98 Å². The summed E-state index contributed by atoms with van der Waals surface area (Å²) in [6.07, 6.45) is 0. The van der Waals surface area contributed by atoms with E-state index in [1.165, 1.54) is 35.2 Å². The Kier molecular flexibility index (Phi) is 6.26. The standard InChI is InChI=1S/C20H16N2O6S2/c23-20(17-3-1-2-4-18(17)30-10-15-9-29-11-21-15)27-8-14-6-16(22(24)25)5-13-7-26-12-28-19(13)14/h1-6,9,11H,7-8,10,12H2. The van der Waals surface area contributed by atoms with Gasteiger partial charge in [0.25, 0.3) is 5.69 Å². The summed E-state index contributed by atoms with van der Waals surface area (Å²) in [7, 11) is 0. The fourth-order valence-corrected chi connectivity index (χ4v) is 4.54. The second-order valence-electron chi connectivity index (χ2n) is 6.30. The highest BCUT2D eigenvalue weighted by atomic mass is 32.2. The molecular weight excluding hydrogens is 428 g/mol. The Hall–Kier alpha value is -2.95. The number of thioether (sulfide) groups is 1. The van der Waals surface area contributed by atoms with E-state index in [-0.39, 0.29) is 25.7 Å². The van der Waals surface area contributed by atoms with Crippen molar-refractivity contribution >= 4 is 34.8 Å². The third-order valence-corrected chi connectivity index (χ3v) is 6.05. The van der Waals surface area contributed by atoms with Gasteiger partial charge in [-0.25, -0.2) is 9.78 Å². The first-order valence-corrected chi connectivity index (χ1v) is 10.8. The number of fused-ring (bicyclic) bond motifs is 1. The maximum absolute atomic E-state index is 12.7. The lowest BCUT2D eigenvalue weighted by Crippen LogP contribution is -2.15. The summed E-state index contributed by atoms with van der Waals surface area (Å²) in [5.74, 6) is 0.592. The maximum Gasteiger partial charge on any atom is 0.339 e. The topological polar surface area (TPSA) is 101 Å².